The van der Waals surface area contributed by atoms with Gasteiger partial charge in [0.05, 0.1) is 11.6 Å². The number of fused-ring (bicyclic) bond motifs is 2. The van der Waals surface area contributed by atoms with Gasteiger partial charge in [-0.15, -0.1) is 0 Å². The van der Waals surface area contributed by atoms with Crippen LogP contribution in [0.4, 0.5) is 19.4 Å². The van der Waals surface area contributed by atoms with Gasteiger partial charge in [0.2, 0.25) is 0 Å². The van der Waals surface area contributed by atoms with Crippen molar-refractivity contribution < 1.29 is 33.0 Å². The SMILES string of the molecule is CC(C)(C)OC(=O)N1CCN2C(=O)c3c(N4CCCC4(C)C)nc(-c4c(F)ccc(F)c4O)c(Cl)c3OCC2C1. The summed E-state index contributed by atoms with van der Waals surface area (Å²) < 4.78 is 41.0. The van der Waals surface area contributed by atoms with Gasteiger partial charge in [-0.2, -0.15) is 0 Å². The number of nitrogens with zero attached hydrogens (tertiary/aromatic N) is 4. The molecule has 1 N–H and O–H groups in total. The van der Waals surface area contributed by atoms with Crippen LogP contribution in [0.15, 0.2) is 12.1 Å². The fourth-order valence-corrected chi connectivity index (χ4v) is 5.85. The van der Waals surface area contributed by atoms with Gasteiger partial charge in [0, 0.05) is 31.7 Å². The number of aromatic nitrogens is 1. The third-order valence-electron chi connectivity index (χ3n) is 7.58. The smallest absolute Gasteiger partial charge is 0.410 e. The molecule has 1 aromatic carbocycles. The highest BCUT2D eigenvalue weighted by atomic mass is 35.5. The van der Waals surface area contributed by atoms with Crippen LogP contribution in [0.3, 0.4) is 0 Å². The van der Waals surface area contributed by atoms with Crippen molar-refractivity contribution in [3.63, 3.8) is 0 Å². The molecule has 12 heteroatoms. The van der Waals surface area contributed by atoms with Crippen molar-refractivity contribution >= 4 is 29.4 Å². The lowest BCUT2D eigenvalue weighted by atomic mass is 10.0. The monoisotopic (exact) mass is 578 g/mol. The largest absolute Gasteiger partial charge is 0.504 e. The number of rotatable bonds is 2. The number of carbonyl (C=O) groups excluding carboxylic acids is 2. The number of carbonyl (C=O) groups is 2. The van der Waals surface area contributed by atoms with E-state index in [1.165, 1.54) is 4.90 Å². The van der Waals surface area contributed by atoms with Gasteiger partial charge in [-0.05, 0) is 59.6 Å². The van der Waals surface area contributed by atoms with Crippen molar-refractivity contribution in [1.82, 2.24) is 14.8 Å². The molecule has 3 aliphatic heterocycles. The maximum atomic E-state index is 15.0. The van der Waals surface area contributed by atoms with Gasteiger partial charge in [-0.25, -0.2) is 18.6 Å². The van der Waals surface area contributed by atoms with Crippen LogP contribution in [0.25, 0.3) is 11.3 Å². The van der Waals surface area contributed by atoms with E-state index in [4.69, 9.17) is 21.1 Å². The predicted molar refractivity (Wildman–Crippen MR) is 145 cm³/mol. The number of ether oxygens (including phenoxy) is 2. The lowest BCUT2D eigenvalue weighted by molar-refractivity contribution is 0.000952. The number of phenolic OH excluding ortho intramolecular Hbond substituents is 1. The number of amides is 2. The summed E-state index contributed by atoms with van der Waals surface area (Å²) in [5.74, 6) is -3.08. The summed E-state index contributed by atoms with van der Waals surface area (Å²) in [5, 5.41) is 10.2. The second-order valence-electron chi connectivity index (χ2n) is 12.0. The van der Waals surface area contributed by atoms with E-state index in [9.17, 15) is 19.1 Å². The van der Waals surface area contributed by atoms with Crippen molar-refractivity contribution in [2.24, 2.45) is 0 Å². The highest BCUT2D eigenvalue weighted by Crippen LogP contribution is 2.48. The van der Waals surface area contributed by atoms with Crippen LogP contribution >= 0.6 is 11.6 Å². The van der Waals surface area contributed by atoms with E-state index in [2.05, 4.69) is 4.98 Å². The molecule has 216 valence electrons. The number of hydrogen-bond acceptors (Lipinski definition) is 7. The Hall–Kier alpha value is -3.34. The Bertz CT molecular complexity index is 1380. The van der Waals surface area contributed by atoms with E-state index < -0.39 is 46.2 Å². The van der Waals surface area contributed by atoms with Gasteiger partial charge < -0.3 is 29.3 Å². The first-order valence-electron chi connectivity index (χ1n) is 13.3. The molecule has 0 aliphatic carbocycles. The van der Waals surface area contributed by atoms with Crippen molar-refractivity contribution in [3.8, 4) is 22.8 Å². The molecule has 1 atom stereocenters. The van der Waals surface area contributed by atoms with E-state index in [1.54, 1.807) is 25.7 Å². The number of piperazine rings is 1. The van der Waals surface area contributed by atoms with Crippen LogP contribution in [-0.4, -0.2) is 81.9 Å². The second-order valence-corrected chi connectivity index (χ2v) is 12.4. The van der Waals surface area contributed by atoms with Gasteiger partial charge in [-0.1, -0.05) is 11.6 Å². The number of pyridine rings is 1. The van der Waals surface area contributed by atoms with E-state index in [0.29, 0.717) is 6.54 Å². The minimum atomic E-state index is -1.04. The number of anilines is 1. The number of phenols is 1. The van der Waals surface area contributed by atoms with Gasteiger partial charge in [-0.3, -0.25) is 4.79 Å². The first-order valence-corrected chi connectivity index (χ1v) is 13.7. The third-order valence-corrected chi connectivity index (χ3v) is 7.93. The van der Waals surface area contributed by atoms with Crippen LogP contribution in [0.5, 0.6) is 11.5 Å². The number of aromatic hydroxyl groups is 1. The molecule has 0 spiro atoms. The molecule has 9 nitrogen and oxygen atoms in total. The Labute approximate surface area is 236 Å². The van der Waals surface area contributed by atoms with Crippen molar-refractivity contribution in [2.75, 3.05) is 37.7 Å². The van der Waals surface area contributed by atoms with Gasteiger partial charge >= 0.3 is 6.09 Å². The molecule has 2 saturated heterocycles. The summed E-state index contributed by atoms with van der Waals surface area (Å²) in [6.45, 7) is 10.6. The van der Waals surface area contributed by atoms with Crippen LogP contribution < -0.4 is 9.64 Å². The first kappa shape index (κ1) is 28.2. The summed E-state index contributed by atoms with van der Waals surface area (Å²) in [4.78, 5) is 36.6. The summed E-state index contributed by atoms with van der Waals surface area (Å²) in [6, 6.07) is 1.18. The minimum Gasteiger partial charge on any atom is -0.504 e. The Kier molecular flexibility index (Phi) is 7.00. The molecule has 0 saturated carbocycles. The molecule has 0 bridgehead atoms. The average molecular weight is 579 g/mol. The zero-order valence-corrected chi connectivity index (χ0v) is 23.9. The molecular formula is C28H33ClF2N4O5. The molecule has 2 aromatic rings. The fourth-order valence-electron chi connectivity index (χ4n) is 5.57. The van der Waals surface area contributed by atoms with Crippen LogP contribution in [-0.2, 0) is 4.74 Å². The van der Waals surface area contributed by atoms with Crippen molar-refractivity contribution in [1.29, 1.82) is 0 Å². The summed E-state index contributed by atoms with van der Waals surface area (Å²) in [6.07, 6.45) is 1.15. The minimum absolute atomic E-state index is 0.0122. The molecule has 4 heterocycles. The predicted octanol–water partition coefficient (Wildman–Crippen LogP) is 5.22. The van der Waals surface area contributed by atoms with Crippen LogP contribution in [0, 0.1) is 11.6 Å². The number of benzene rings is 1. The molecule has 40 heavy (non-hydrogen) atoms. The Morgan fingerprint density at radius 1 is 1.18 bits per heavy atom. The molecule has 3 aliphatic rings. The zero-order chi connectivity index (χ0) is 29.1. The Morgan fingerprint density at radius 2 is 1.88 bits per heavy atom. The van der Waals surface area contributed by atoms with Crippen LogP contribution in [0.2, 0.25) is 5.02 Å². The molecule has 1 aromatic heterocycles. The second kappa shape index (κ2) is 9.94. The number of halogens is 3. The standard InChI is InChI=1S/C28H33ClF2N4O5/c1-27(2,3)40-26(38)33-11-12-34-15(13-33)14-39-23-19(25(34)37)24(35-10-6-9-28(35,4)5)32-21(20(23)29)18-16(30)7-8-17(31)22(18)36/h7-8,15,36H,6,9-14H2,1-5H3. The summed E-state index contributed by atoms with van der Waals surface area (Å²) in [5.41, 5.74) is -1.70. The normalized spacial score (nSPS) is 20.6. The highest BCUT2D eigenvalue weighted by molar-refractivity contribution is 6.35. The highest BCUT2D eigenvalue weighted by Gasteiger charge is 2.44. The summed E-state index contributed by atoms with van der Waals surface area (Å²) >= 11 is 6.73. The maximum absolute atomic E-state index is 15.0. The van der Waals surface area contributed by atoms with E-state index >= 15 is 4.39 Å². The Balaban J connectivity index is 1.62. The lowest BCUT2D eigenvalue weighted by Crippen LogP contribution is -2.58. The van der Waals surface area contributed by atoms with Gasteiger partial charge in [0.25, 0.3) is 5.91 Å². The fraction of sp³-hybridized carbons (Fsp3) is 0.536. The topological polar surface area (TPSA) is 95.4 Å². The maximum Gasteiger partial charge on any atom is 0.410 e. The van der Waals surface area contributed by atoms with E-state index in [1.807, 2.05) is 18.7 Å². The first-order chi connectivity index (χ1) is 18.7. The lowest BCUT2D eigenvalue weighted by Gasteiger charge is -2.40. The number of hydrogen-bond donors (Lipinski definition) is 1. The van der Waals surface area contributed by atoms with Crippen LogP contribution in [0.1, 0.15) is 57.8 Å². The molecule has 1 unspecified atom stereocenters. The molecular weight excluding hydrogens is 546 g/mol. The van der Waals surface area contributed by atoms with E-state index in [0.717, 1.165) is 25.0 Å². The molecule has 2 fully saturated rings. The van der Waals surface area contributed by atoms with Crippen molar-refractivity contribution in [2.45, 2.75) is 64.6 Å². The quantitative estimate of drug-likeness (QED) is 0.522. The third kappa shape index (κ3) is 4.88. The molecule has 5 rings (SSSR count). The summed E-state index contributed by atoms with van der Waals surface area (Å²) in [7, 11) is 0. The zero-order valence-electron chi connectivity index (χ0n) is 23.2. The van der Waals surface area contributed by atoms with Crippen molar-refractivity contribution in [3.05, 3.63) is 34.4 Å². The average Bonchev–Trinajstić information content (AvgIpc) is 3.15. The van der Waals surface area contributed by atoms with Gasteiger partial charge in [0.1, 0.15) is 40.1 Å². The molecule has 0 radical (unpaired) electrons. The van der Waals surface area contributed by atoms with Gasteiger partial charge in [0.15, 0.2) is 17.3 Å². The Morgan fingerprint density at radius 3 is 2.52 bits per heavy atom. The molecule has 2 amide bonds. The van der Waals surface area contributed by atoms with E-state index in [-0.39, 0.29) is 60.0 Å².